The van der Waals surface area contributed by atoms with Crippen molar-refractivity contribution in [3.63, 3.8) is 0 Å². The Bertz CT molecular complexity index is 629. The molecule has 2 rings (SSSR count). The molecule has 0 aliphatic rings. The number of aromatic nitrogens is 1. The van der Waals surface area contributed by atoms with Gasteiger partial charge in [0.25, 0.3) is 0 Å². The van der Waals surface area contributed by atoms with Crippen LogP contribution in [0.4, 0.5) is 11.5 Å². The maximum Gasteiger partial charge on any atom is 0.148 e. The highest BCUT2D eigenvalue weighted by molar-refractivity contribution is 6.31. The Morgan fingerprint density at radius 1 is 1.22 bits per heavy atom. The fraction of sp³-hybridized carbons (Fsp3) is 0.143. The summed E-state index contributed by atoms with van der Waals surface area (Å²) in [5.41, 5.74) is 3.17. The van der Waals surface area contributed by atoms with Gasteiger partial charge in [-0.25, -0.2) is 4.98 Å². The van der Waals surface area contributed by atoms with E-state index in [9.17, 15) is 0 Å². The highest BCUT2D eigenvalue weighted by Gasteiger charge is 2.07. The van der Waals surface area contributed by atoms with E-state index >= 15 is 0 Å². The van der Waals surface area contributed by atoms with Gasteiger partial charge in [0.05, 0.1) is 5.56 Å². The molecule has 1 N–H and O–H groups in total. The van der Waals surface area contributed by atoms with Crippen LogP contribution >= 0.6 is 11.6 Å². The first-order valence-corrected chi connectivity index (χ1v) is 5.89. The lowest BCUT2D eigenvalue weighted by atomic mass is 10.2. The van der Waals surface area contributed by atoms with Crippen molar-refractivity contribution in [1.82, 2.24) is 4.98 Å². The van der Waals surface area contributed by atoms with Crippen molar-refractivity contribution in [1.29, 1.82) is 5.26 Å². The lowest BCUT2D eigenvalue weighted by molar-refractivity contribution is 1.18. The van der Waals surface area contributed by atoms with Crippen LogP contribution in [0, 0.1) is 25.2 Å². The predicted octanol–water partition coefficient (Wildman–Crippen LogP) is 3.97. The van der Waals surface area contributed by atoms with Crippen LogP contribution in [0.15, 0.2) is 30.3 Å². The van der Waals surface area contributed by atoms with E-state index in [0.29, 0.717) is 16.4 Å². The van der Waals surface area contributed by atoms with Crippen LogP contribution in [0.1, 0.15) is 16.8 Å². The fourth-order valence-corrected chi connectivity index (χ4v) is 1.79. The monoisotopic (exact) mass is 257 g/mol. The zero-order valence-corrected chi connectivity index (χ0v) is 10.9. The van der Waals surface area contributed by atoms with Crippen molar-refractivity contribution in [2.24, 2.45) is 0 Å². The summed E-state index contributed by atoms with van der Waals surface area (Å²) in [7, 11) is 0. The molecule has 0 amide bonds. The maximum atomic E-state index is 9.06. The summed E-state index contributed by atoms with van der Waals surface area (Å²) in [6, 6.07) is 11.3. The van der Waals surface area contributed by atoms with Crippen LogP contribution in [0.2, 0.25) is 5.02 Å². The third-order valence-corrected chi connectivity index (χ3v) is 3.09. The molecule has 0 saturated carbocycles. The molecule has 0 fully saturated rings. The molecule has 3 nitrogen and oxygen atoms in total. The van der Waals surface area contributed by atoms with Gasteiger partial charge >= 0.3 is 0 Å². The Labute approximate surface area is 111 Å². The SMILES string of the molecule is Cc1ccc(C#N)c(Nc2cccc(Cl)c2C)n1. The number of aryl methyl sites for hydroxylation is 1. The highest BCUT2D eigenvalue weighted by atomic mass is 35.5. The molecule has 4 heteroatoms. The number of hydrogen-bond donors (Lipinski definition) is 1. The number of pyridine rings is 1. The molecule has 90 valence electrons. The van der Waals surface area contributed by atoms with Gasteiger partial charge in [-0.15, -0.1) is 0 Å². The van der Waals surface area contributed by atoms with Crippen molar-refractivity contribution in [3.8, 4) is 6.07 Å². The molecular weight excluding hydrogens is 246 g/mol. The van der Waals surface area contributed by atoms with E-state index in [1.54, 1.807) is 6.07 Å². The van der Waals surface area contributed by atoms with Gasteiger partial charge in [0.1, 0.15) is 11.9 Å². The molecule has 0 bridgehead atoms. The van der Waals surface area contributed by atoms with Crippen LogP contribution < -0.4 is 5.32 Å². The molecule has 2 aromatic rings. The van der Waals surface area contributed by atoms with Gasteiger partial charge in [0, 0.05) is 16.4 Å². The van der Waals surface area contributed by atoms with Crippen LogP contribution in [0.3, 0.4) is 0 Å². The Morgan fingerprint density at radius 3 is 2.72 bits per heavy atom. The molecule has 0 aliphatic carbocycles. The smallest absolute Gasteiger partial charge is 0.148 e. The summed E-state index contributed by atoms with van der Waals surface area (Å²) in [5.74, 6) is 0.558. The molecule has 0 radical (unpaired) electrons. The Balaban J connectivity index is 2.43. The molecule has 1 aromatic heterocycles. The number of halogens is 1. The largest absolute Gasteiger partial charge is 0.339 e. The summed E-state index contributed by atoms with van der Waals surface area (Å²) in [6.07, 6.45) is 0. The molecule has 1 aromatic carbocycles. The topological polar surface area (TPSA) is 48.7 Å². The second kappa shape index (κ2) is 5.07. The number of rotatable bonds is 2. The quantitative estimate of drug-likeness (QED) is 0.886. The summed E-state index contributed by atoms with van der Waals surface area (Å²) >= 11 is 6.06. The van der Waals surface area contributed by atoms with E-state index in [4.69, 9.17) is 16.9 Å². The number of nitrogens with one attached hydrogen (secondary N) is 1. The van der Waals surface area contributed by atoms with Gasteiger partial charge in [-0.2, -0.15) is 5.26 Å². The normalized spacial score (nSPS) is 9.89. The van der Waals surface area contributed by atoms with Crippen molar-refractivity contribution >= 4 is 23.1 Å². The molecule has 1 heterocycles. The van der Waals surface area contributed by atoms with Crippen molar-refractivity contribution < 1.29 is 0 Å². The first kappa shape index (κ1) is 12.4. The number of nitriles is 1. The molecule has 0 unspecified atom stereocenters. The molecule has 0 atom stereocenters. The molecular formula is C14H12ClN3. The number of nitrogens with zero attached hydrogens (tertiary/aromatic N) is 2. The lowest BCUT2D eigenvalue weighted by Gasteiger charge is -2.11. The Hall–Kier alpha value is -2.05. The zero-order chi connectivity index (χ0) is 13.1. The van der Waals surface area contributed by atoms with Crippen LogP contribution in [-0.4, -0.2) is 4.98 Å². The lowest BCUT2D eigenvalue weighted by Crippen LogP contribution is -2.00. The van der Waals surface area contributed by atoms with Crippen molar-refractivity contribution in [2.45, 2.75) is 13.8 Å². The van der Waals surface area contributed by atoms with Crippen LogP contribution in [0.25, 0.3) is 0 Å². The summed E-state index contributed by atoms with van der Waals surface area (Å²) in [4.78, 5) is 4.33. The molecule has 0 saturated heterocycles. The summed E-state index contributed by atoms with van der Waals surface area (Å²) in [6.45, 7) is 3.81. The Kier molecular flexibility index (Phi) is 3.50. The highest BCUT2D eigenvalue weighted by Crippen LogP contribution is 2.26. The number of anilines is 2. The van der Waals surface area contributed by atoms with Gasteiger partial charge in [-0.1, -0.05) is 17.7 Å². The third kappa shape index (κ3) is 2.44. The van der Waals surface area contributed by atoms with Crippen molar-refractivity contribution in [3.05, 3.63) is 52.2 Å². The summed E-state index contributed by atoms with van der Waals surface area (Å²) in [5, 5.41) is 12.9. The standard InChI is InChI=1S/C14H12ClN3/c1-9-6-7-11(8-16)14(17-9)18-13-5-3-4-12(15)10(13)2/h3-7H,1-2H3,(H,17,18). The number of hydrogen-bond acceptors (Lipinski definition) is 3. The number of benzene rings is 1. The minimum Gasteiger partial charge on any atom is -0.339 e. The van der Waals surface area contributed by atoms with E-state index < -0.39 is 0 Å². The first-order valence-electron chi connectivity index (χ1n) is 5.51. The van der Waals surface area contributed by atoms with E-state index in [0.717, 1.165) is 16.9 Å². The third-order valence-electron chi connectivity index (χ3n) is 2.68. The average Bonchev–Trinajstić information content (AvgIpc) is 2.35. The minimum absolute atomic E-state index is 0.514. The van der Waals surface area contributed by atoms with Crippen LogP contribution in [0.5, 0.6) is 0 Å². The molecule has 0 spiro atoms. The predicted molar refractivity (Wildman–Crippen MR) is 73.2 cm³/mol. The van der Waals surface area contributed by atoms with Gasteiger partial charge in [-0.3, -0.25) is 0 Å². The van der Waals surface area contributed by atoms with Gasteiger partial charge in [-0.05, 0) is 43.7 Å². The van der Waals surface area contributed by atoms with Crippen LogP contribution in [-0.2, 0) is 0 Å². The second-order valence-electron chi connectivity index (χ2n) is 4.00. The van der Waals surface area contributed by atoms with Gasteiger partial charge in [0.2, 0.25) is 0 Å². The Morgan fingerprint density at radius 2 is 2.00 bits per heavy atom. The van der Waals surface area contributed by atoms with Crippen molar-refractivity contribution in [2.75, 3.05) is 5.32 Å². The van der Waals surface area contributed by atoms with E-state index in [1.165, 1.54) is 0 Å². The fourth-order valence-electron chi connectivity index (χ4n) is 1.61. The second-order valence-corrected chi connectivity index (χ2v) is 4.41. The minimum atomic E-state index is 0.514. The molecule has 0 aliphatic heterocycles. The van der Waals surface area contributed by atoms with E-state index in [1.807, 2.05) is 38.1 Å². The van der Waals surface area contributed by atoms with E-state index in [2.05, 4.69) is 16.4 Å². The average molecular weight is 258 g/mol. The first-order chi connectivity index (χ1) is 8.61. The van der Waals surface area contributed by atoms with Gasteiger partial charge < -0.3 is 5.32 Å². The maximum absolute atomic E-state index is 9.06. The molecule has 18 heavy (non-hydrogen) atoms. The summed E-state index contributed by atoms with van der Waals surface area (Å²) < 4.78 is 0. The van der Waals surface area contributed by atoms with Gasteiger partial charge in [0.15, 0.2) is 0 Å². The van der Waals surface area contributed by atoms with E-state index in [-0.39, 0.29) is 0 Å². The zero-order valence-electron chi connectivity index (χ0n) is 10.2.